The molecule has 0 spiro atoms. The Morgan fingerprint density at radius 3 is 2.76 bits per heavy atom. The molecule has 0 aliphatic heterocycles. The zero-order chi connectivity index (χ0) is 12.4. The minimum Gasteiger partial charge on any atom is -0.357 e. The van der Waals surface area contributed by atoms with E-state index >= 15 is 0 Å². The summed E-state index contributed by atoms with van der Waals surface area (Å²) in [7, 11) is 3.26. The molecule has 2 aromatic rings. The summed E-state index contributed by atoms with van der Waals surface area (Å²) in [5.41, 5.74) is 0.451. The van der Waals surface area contributed by atoms with Crippen LogP contribution in [0.5, 0.6) is 0 Å². The Morgan fingerprint density at radius 1 is 1.47 bits per heavy atom. The van der Waals surface area contributed by atoms with Crippen molar-refractivity contribution >= 4 is 11.6 Å². The fourth-order valence-corrected chi connectivity index (χ4v) is 1.32. The minimum atomic E-state index is -0.540. The van der Waals surface area contributed by atoms with Crippen molar-refractivity contribution in [2.24, 2.45) is 7.05 Å². The Labute approximate surface area is 95.7 Å². The van der Waals surface area contributed by atoms with Crippen molar-refractivity contribution in [3.05, 3.63) is 22.5 Å². The number of hydrogen-bond donors (Lipinski definition) is 1. The van der Waals surface area contributed by atoms with E-state index in [0.29, 0.717) is 11.6 Å². The molecule has 0 aromatic carbocycles. The van der Waals surface area contributed by atoms with Gasteiger partial charge in [0.1, 0.15) is 11.9 Å². The number of nitro groups is 1. The van der Waals surface area contributed by atoms with Crippen molar-refractivity contribution in [3.8, 4) is 11.4 Å². The maximum Gasteiger partial charge on any atom is 0.315 e. The van der Waals surface area contributed by atoms with Crippen LogP contribution in [0.4, 0.5) is 11.6 Å². The Balaban J connectivity index is 2.65. The second-order valence-electron chi connectivity index (χ2n) is 3.18. The topological polar surface area (TPSA) is 112 Å². The first-order valence-electron chi connectivity index (χ1n) is 4.67. The Hall–Kier alpha value is -2.58. The summed E-state index contributed by atoms with van der Waals surface area (Å²) in [5, 5.41) is 21.0. The predicted molar refractivity (Wildman–Crippen MR) is 58.2 cm³/mol. The van der Waals surface area contributed by atoms with Crippen molar-refractivity contribution in [3.63, 3.8) is 0 Å². The fraction of sp³-hybridized carbons (Fsp3) is 0.250. The third kappa shape index (κ3) is 1.89. The van der Waals surface area contributed by atoms with Gasteiger partial charge in [-0.3, -0.25) is 10.1 Å². The van der Waals surface area contributed by atoms with Gasteiger partial charge < -0.3 is 5.32 Å². The molecule has 0 radical (unpaired) electrons. The van der Waals surface area contributed by atoms with Gasteiger partial charge in [-0.2, -0.15) is 0 Å². The first kappa shape index (κ1) is 10.9. The van der Waals surface area contributed by atoms with Gasteiger partial charge in [0.25, 0.3) is 0 Å². The molecule has 1 N–H and O–H groups in total. The Bertz CT molecular complexity index is 565. The molecule has 0 bridgehead atoms. The molecule has 9 heteroatoms. The van der Waals surface area contributed by atoms with Crippen molar-refractivity contribution in [1.29, 1.82) is 0 Å². The van der Waals surface area contributed by atoms with Crippen molar-refractivity contribution in [2.75, 3.05) is 12.4 Å². The number of nitrogens with zero attached hydrogens (tertiary/aromatic N) is 6. The van der Waals surface area contributed by atoms with Crippen LogP contribution < -0.4 is 5.32 Å². The van der Waals surface area contributed by atoms with E-state index in [0.717, 1.165) is 6.20 Å². The molecule has 0 unspecified atom stereocenters. The lowest BCUT2D eigenvalue weighted by atomic mass is 10.3. The van der Waals surface area contributed by atoms with E-state index in [4.69, 9.17) is 0 Å². The van der Waals surface area contributed by atoms with Gasteiger partial charge in [0.05, 0.1) is 11.1 Å². The van der Waals surface area contributed by atoms with Gasteiger partial charge in [-0.15, -0.1) is 5.10 Å². The van der Waals surface area contributed by atoms with Gasteiger partial charge in [0, 0.05) is 14.1 Å². The van der Waals surface area contributed by atoms with Gasteiger partial charge in [-0.1, -0.05) is 5.21 Å². The Kier molecular flexibility index (Phi) is 2.65. The van der Waals surface area contributed by atoms with E-state index in [1.807, 2.05) is 0 Å². The molecule has 17 heavy (non-hydrogen) atoms. The van der Waals surface area contributed by atoms with Gasteiger partial charge in [0.2, 0.25) is 5.95 Å². The molecule has 0 atom stereocenters. The van der Waals surface area contributed by atoms with Gasteiger partial charge in [-0.05, 0) is 0 Å². The fourth-order valence-electron chi connectivity index (χ4n) is 1.32. The molecular weight excluding hydrogens is 226 g/mol. The van der Waals surface area contributed by atoms with Crippen LogP contribution in [0, 0.1) is 10.1 Å². The average molecular weight is 235 g/mol. The summed E-state index contributed by atoms with van der Waals surface area (Å²) < 4.78 is 1.41. The third-order valence-corrected chi connectivity index (χ3v) is 2.15. The second kappa shape index (κ2) is 4.12. The maximum atomic E-state index is 10.9. The zero-order valence-electron chi connectivity index (χ0n) is 9.15. The summed E-state index contributed by atoms with van der Waals surface area (Å²) >= 11 is 0. The van der Waals surface area contributed by atoms with E-state index in [1.165, 1.54) is 10.9 Å². The molecule has 2 heterocycles. The third-order valence-electron chi connectivity index (χ3n) is 2.15. The predicted octanol–water partition coefficient (Wildman–Crippen LogP) is 0.222. The number of rotatable bonds is 3. The second-order valence-corrected chi connectivity index (χ2v) is 3.18. The van der Waals surface area contributed by atoms with E-state index in [1.54, 1.807) is 14.1 Å². The number of anilines is 1. The molecule has 0 fully saturated rings. The first-order valence-corrected chi connectivity index (χ1v) is 4.67. The van der Waals surface area contributed by atoms with Crippen LogP contribution in [0.1, 0.15) is 0 Å². The first-order chi connectivity index (χ1) is 8.13. The molecule has 0 saturated heterocycles. The number of hydrogen-bond acceptors (Lipinski definition) is 7. The van der Waals surface area contributed by atoms with Crippen LogP contribution in [-0.4, -0.2) is 36.9 Å². The molecular formula is C8H9N7O2. The van der Waals surface area contributed by atoms with Crippen LogP contribution >= 0.6 is 0 Å². The summed E-state index contributed by atoms with van der Waals surface area (Å²) in [5.74, 6) is 0.298. The van der Waals surface area contributed by atoms with Crippen LogP contribution in [-0.2, 0) is 7.05 Å². The molecule has 9 nitrogen and oxygen atoms in total. The van der Waals surface area contributed by atoms with Gasteiger partial charge in [-0.25, -0.2) is 14.6 Å². The minimum absolute atomic E-state index is 0.182. The number of aromatic nitrogens is 5. The summed E-state index contributed by atoms with van der Waals surface area (Å²) in [6.45, 7) is 0. The highest BCUT2D eigenvalue weighted by atomic mass is 16.6. The number of aryl methyl sites for hydroxylation is 1. The average Bonchev–Trinajstić information content (AvgIpc) is 2.74. The lowest BCUT2D eigenvalue weighted by molar-refractivity contribution is -0.384. The molecule has 2 rings (SSSR count). The summed E-state index contributed by atoms with van der Waals surface area (Å²) in [4.78, 5) is 18.2. The molecule has 88 valence electrons. The molecule has 0 amide bonds. The summed E-state index contributed by atoms with van der Waals surface area (Å²) in [6.07, 6.45) is 2.57. The maximum absolute atomic E-state index is 10.9. The lowest BCUT2D eigenvalue weighted by Gasteiger charge is -2.03. The van der Waals surface area contributed by atoms with Crippen LogP contribution in [0.2, 0.25) is 0 Å². The SMILES string of the molecule is CNc1ncc([N+](=O)[O-])c(-c2cnnn2C)n1. The zero-order valence-corrected chi connectivity index (χ0v) is 9.15. The van der Waals surface area contributed by atoms with E-state index in [2.05, 4.69) is 25.6 Å². The van der Waals surface area contributed by atoms with Gasteiger partial charge in [0.15, 0.2) is 5.69 Å². The molecule has 0 aliphatic carbocycles. The van der Waals surface area contributed by atoms with E-state index in [-0.39, 0.29) is 11.4 Å². The highest BCUT2D eigenvalue weighted by Gasteiger charge is 2.21. The standard InChI is InChI=1S/C8H9N7O2/c1-9-8-10-3-6(15(16)17)7(12-8)5-4-11-13-14(5)2/h3-4H,1-2H3,(H,9,10,12). The highest BCUT2D eigenvalue weighted by molar-refractivity contribution is 5.66. The number of nitrogens with one attached hydrogen (secondary N) is 1. The van der Waals surface area contributed by atoms with Gasteiger partial charge >= 0.3 is 5.69 Å². The summed E-state index contributed by atoms with van der Waals surface area (Å²) in [6, 6.07) is 0. The molecule has 0 saturated carbocycles. The van der Waals surface area contributed by atoms with Crippen LogP contribution in [0.3, 0.4) is 0 Å². The van der Waals surface area contributed by atoms with Crippen molar-refractivity contribution < 1.29 is 4.92 Å². The van der Waals surface area contributed by atoms with E-state index in [9.17, 15) is 10.1 Å². The lowest BCUT2D eigenvalue weighted by Crippen LogP contribution is -2.04. The van der Waals surface area contributed by atoms with Crippen molar-refractivity contribution in [1.82, 2.24) is 25.0 Å². The smallest absolute Gasteiger partial charge is 0.315 e. The quantitative estimate of drug-likeness (QED) is 0.598. The Morgan fingerprint density at radius 2 is 2.24 bits per heavy atom. The van der Waals surface area contributed by atoms with Crippen molar-refractivity contribution in [2.45, 2.75) is 0 Å². The normalized spacial score (nSPS) is 10.2. The van der Waals surface area contributed by atoms with Crippen LogP contribution in [0.15, 0.2) is 12.4 Å². The largest absolute Gasteiger partial charge is 0.357 e. The van der Waals surface area contributed by atoms with Crippen LogP contribution in [0.25, 0.3) is 11.4 Å². The monoisotopic (exact) mass is 235 g/mol. The molecule has 0 aliphatic rings. The molecule has 2 aromatic heterocycles. The van der Waals surface area contributed by atoms with E-state index < -0.39 is 4.92 Å². The highest BCUT2D eigenvalue weighted by Crippen LogP contribution is 2.26.